The maximum atomic E-state index is 10.2. The number of nitrogens with one attached hydrogen (secondary N) is 1. The van der Waals surface area contributed by atoms with E-state index in [-0.39, 0.29) is 12.4 Å². The van der Waals surface area contributed by atoms with Crippen molar-refractivity contribution in [1.82, 2.24) is 5.32 Å². The van der Waals surface area contributed by atoms with E-state index in [1.54, 1.807) is 7.11 Å². The van der Waals surface area contributed by atoms with E-state index in [1.807, 2.05) is 55.5 Å². The second kappa shape index (κ2) is 10.1. The molecule has 0 saturated carbocycles. The SMILES string of the molecule is CCOc1c(CNCC(O)c2ccccc2)cccc1OC.[Cl-]. The largest absolute Gasteiger partial charge is 1.00 e. The fourth-order valence-corrected chi connectivity index (χ4v) is 2.31. The van der Waals surface area contributed by atoms with Crippen LogP contribution in [0.3, 0.4) is 0 Å². The number of aliphatic hydroxyl groups excluding tert-OH is 1. The van der Waals surface area contributed by atoms with Crippen LogP contribution in [0, 0.1) is 0 Å². The minimum atomic E-state index is -0.526. The van der Waals surface area contributed by atoms with Crippen LogP contribution in [0.5, 0.6) is 11.5 Å². The summed E-state index contributed by atoms with van der Waals surface area (Å²) in [6.07, 6.45) is -0.526. The van der Waals surface area contributed by atoms with Crippen LogP contribution in [0.15, 0.2) is 48.5 Å². The lowest BCUT2D eigenvalue weighted by molar-refractivity contribution is -0.00000690. The van der Waals surface area contributed by atoms with Crippen molar-refractivity contribution < 1.29 is 27.0 Å². The molecular weight excluding hydrogens is 314 g/mol. The lowest BCUT2D eigenvalue weighted by Gasteiger charge is -2.16. The molecule has 2 aromatic rings. The van der Waals surface area contributed by atoms with Crippen molar-refractivity contribution in [1.29, 1.82) is 0 Å². The Morgan fingerprint density at radius 3 is 2.48 bits per heavy atom. The molecule has 0 aliphatic heterocycles. The minimum absolute atomic E-state index is 0. The number of para-hydroxylation sites is 1. The van der Waals surface area contributed by atoms with Crippen molar-refractivity contribution in [2.24, 2.45) is 0 Å². The fourth-order valence-electron chi connectivity index (χ4n) is 2.31. The van der Waals surface area contributed by atoms with Crippen LogP contribution in [-0.2, 0) is 6.54 Å². The fraction of sp³-hybridized carbons (Fsp3) is 0.333. The van der Waals surface area contributed by atoms with Gasteiger partial charge in [-0.3, -0.25) is 0 Å². The van der Waals surface area contributed by atoms with E-state index < -0.39 is 6.10 Å². The third-order valence-electron chi connectivity index (χ3n) is 3.41. The van der Waals surface area contributed by atoms with E-state index in [0.717, 1.165) is 22.6 Å². The van der Waals surface area contributed by atoms with Gasteiger partial charge in [0, 0.05) is 18.7 Å². The Morgan fingerprint density at radius 2 is 1.83 bits per heavy atom. The molecule has 0 spiro atoms. The number of ether oxygens (including phenoxy) is 2. The van der Waals surface area contributed by atoms with Crippen molar-refractivity contribution in [3.05, 3.63) is 59.7 Å². The lowest BCUT2D eigenvalue weighted by Crippen LogP contribution is -3.00. The third-order valence-corrected chi connectivity index (χ3v) is 3.41. The van der Waals surface area contributed by atoms with Crippen LogP contribution < -0.4 is 27.2 Å². The summed E-state index contributed by atoms with van der Waals surface area (Å²) in [4.78, 5) is 0. The van der Waals surface area contributed by atoms with Gasteiger partial charge in [0.25, 0.3) is 0 Å². The number of hydrogen-bond donors (Lipinski definition) is 2. The quantitative estimate of drug-likeness (QED) is 0.708. The lowest BCUT2D eigenvalue weighted by atomic mass is 10.1. The second-order valence-electron chi connectivity index (χ2n) is 4.94. The van der Waals surface area contributed by atoms with Crippen molar-refractivity contribution in [2.45, 2.75) is 19.6 Å². The maximum absolute atomic E-state index is 10.2. The first-order valence-corrected chi connectivity index (χ1v) is 7.48. The smallest absolute Gasteiger partial charge is 0.165 e. The zero-order chi connectivity index (χ0) is 15.8. The number of hydrogen-bond acceptors (Lipinski definition) is 4. The van der Waals surface area contributed by atoms with Crippen LogP contribution in [0.1, 0.15) is 24.2 Å². The Labute approximate surface area is 143 Å². The summed E-state index contributed by atoms with van der Waals surface area (Å²) in [7, 11) is 1.63. The Bertz CT molecular complexity index is 578. The number of benzene rings is 2. The molecule has 0 aromatic heterocycles. The van der Waals surface area contributed by atoms with E-state index in [2.05, 4.69) is 5.32 Å². The van der Waals surface area contributed by atoms with Gasteiger partial charge in [-0.05, 0) is 18.6 Å². The first-order chi connectivity index (χ1) is 10.8. The first kappa shape index (κ1) is 19.3. The van der Waals surface area contributed by atoms with Crippen LogP contribution in [0.4, 0.5) is 0 Å². The number of halogens is 1. The molecule has 4 nitrogen and oxygen atoms in total. The molecule has 2 aromatic carbocycles. The Balaban J connectivity index is 0.00000264. The van der Waals surface area contributed by atoms with Gasteiger partial charge in [0.15, 0.2) is 11.5 Å². The monoisotopic (exact) mass is 336 g/mol. The van der Waals surface area contributed by atoms with Crippen molar-refractivity contribution in [3.8, 4) is 11.5 Å². The third kappa shape index (κ3) is 5.43. The molecule has 0 radical (unpaired) electrons. The van der Waals surface area contributed by atoms with Gasteiger partial charge in [0.2, 0.25) is 0 Å². The molecule has 0 aliphatic carbocycles. The van der Waals surface area contributed by atoms with Gasteiger partial charge < -0.3 is 32.3 Å². The summed E-state index contributed by atoms with van der Waals surface area (Å²) in [6.45, 7) is 3.62. The van der Waals surface area contributed by atoms with E-state index >= 15 is 0 Å². The van der Waals surface area contributed by atoms with Crippen molar-refractivity contribution in [2.75, 3.05) is 20.3 Å². The van der Waals surface area contributed by atoms with Gasteiger partial charge >= 0.3 is 0 Å². The molecule has 0 bridgehead atoms. The average molecular weight is 337 g/mol. The Morgan fingerprint density at radius 1 is 1.09 bits per heavy atom. The van der Waals surface area contributed by atoms with E-state index in [1.165, 1.54) is 0 Å². The van der Waals surface area contributed by atoms with Crippen LogP contribution in [0.2, 0.25) is 0 Å². The van der Waals surface area contributed by atoms with E-state index in [0.29, 0.717) is 19.7 Å². The van der Waals surface area contributed by atoms with Gasteiger partial charge in [-0.1, -0.05) is 42.5 Å². The molecule has 23 heavy (non-hydrogen) atoms. The number of aliphatic hydroxyl groups is 1. The second-order valence-corrected chi connectivity index (χ2v) is 4.94. The van der Waals surface area contributed by atoms with Gasteiger partial charge in [-0.2, -0.15) is 0 Å². The zero-order valence-corrected chi connectivity index (χ0v) is 14.2. The number of methoxy groups -OCH3 is 1. The van der Waals surface area contributed by atoms with E-state index in [9.17, 15) is 5.11 Å². The Kier molecular flexibility index (Phi) is 8.48. The normalized spacial score (nSPS) is 11.4. The molecule has 0 amide bonds. The molecule has 5 heteroatoms. The molecule has 0 saturated heterocycles. The molecule has 1 unspecified atom stereocenters. The molecule has 0 aliphatic rings. The van der Waals surface area contributed by atoms with Crippen molar-refractivity contribution in [3.63, 3.8) is 0 Å². The summed E-state index contributed by atoms with van der Waals surface area (Å²) < 4.78 is 11.0. The highest BCUT2D eigenvalue weighted by atomic mass is 35.5. The van der Waals surface area contributed by atoms with E-state index in [4.69, 9.17) is 9.47 Å². The average Bonchev–Trinajstić information content (AvgIpc) is 2.57. The topological polar surface area (TPSA) is 50.7 Å². The Hall–Kier alpha value is -1.75. The predicted molar refractivity (Wildman–Crippen MR) is 87.3 cm³/mol. The first-order valence-electron chi connectivity index (χ1n) is 7.48. The highest BCUT2D eigenvalue weighted by Crippen LogP contribution is 2.31. The van der Waals surface area contributed by atoms with Gasteiger partial charge in [-0.25, -0.2) is 0 Å². The minimum Gasteiger partial charge on any atom is -1.00 e. The summed E-state index contributed by atoms with van der Waals surface area (Å²) in [5.41, 5.74) is 1.92. The summed E-state index contributed by atoms with van der Waals surface area (Å²) in [5, 5.41) is 13.4. The molecule has 1 atom stereocenters. The van der Waals surface area contributed by atoms with Gasteiger partial charge in [0.1, 0.15) is 0 Å². The molecule has 2 N–H and O–H groups in total. The zero-order valence-electron chi connectivity index (χ0n) is 13.5. The van der Waals surface area contributed by atoms with Crippen molar-refractivity contribution >= 4 is 0 Å². The molecular formula is C18H23ClNO3-. The summed E-state index contributed by atoms with van der Waals surface area (Å²) in [5.74, 6) is 1.49. The van der Waals surface area contributed by atoms with Gasteiger partial charge in [0.05, 0.1) is 19.8 Å². The summed E-state index contributed by atoms with van der Waals surface area (Å²) in [6, 6.07) is 15.4. The standard InChI is InChI=1S/C18H23NO3.ClH/c1-3-22-18-15(10-7-11-17(18)21-2)12-19-13-16(20)14-8-5-4-6-9-14;/h4-11,16,19-20H,3,12-13H2,1-2H3;1H/p-1. The number of rotatable bonds is 8. The van der Waals surface area contributed by atoms with Crippen LogP contribution in [0.25, 0.3) is 0 Å². The highest BCUT2D eigenvalue weighted by molar-refractivity contribution is 5.46. The molecule has 0 heterocycles. The molecule has 126 valence electrons. The van der Waals surface area contributed by atoms with Crippen LogP contribution in [-0.4, -0.2) is 25.4 Å². The van der Waals surface area contributed by atoms with Gasteiger partial charge in [-0.15, -0.1) is 0 Å². The van der Waals surface area contributed by atoms with Crippen LogP contribution >= 0.6 is 0 Å². The molecule has 0 fully saturated rings. The predicted octanol–water partition coefficient (Wildman–Crippen LogP) is -0.0789. The maximum Gasteiger partial charge on any atom is 0.165 e. The highest BCUT2D eigenvalue weighted by Gasteiger charge is 2.11. The molecule has 2 rings (SSSR count). The summed E-state index contributed by atoms with van der Waals surface area (Å²) >= 11 is 0.